The van der Waals surface area contributed by atoms with E-state index in [1.54, 1.807) is 12.1 Å². The summed E-state index contributed by atoms with van der Waals surface area (Å²) in [4.78, 5) is 12.1. The molecule has 0 unspecified atom stereocenters. The van der Waals surface area contributed by atoms with Gasteiger partial charge in [-0.25, -0.2) is 4.39 Å². The Balaban J connectivity index is 2.14. The number of primary amides is 1. The number of halogens is 1. The van der Waals surface area contributed by atoms with E-state index in [4.69, 9.17) is 16.2 Å². The van der Waals surface area contributed by atoms with Crippen molar-refractivity contribution in [3.63, 3.8) is 0 Å². The third kappa shape index (κ3) is 4.10. The van der Waals surface area contributed by atoms with Crippen LogP contribution in [0, 0.1) is 0 Å². The summed E-state index contributed by atoms with van der Waals surface area (Å²) in [6, 6.07) is 7.40. The van der Waals surface area contributed by atoms with Gasteiger partial charge < -0.3 is 16.2 Å². The highest BCUT2D eigenvalue weighted by Crippen LogP contribution is 2.38. The average molecular weight is 320 g/mol. The van der Waals surface area contributed by atoms with E-state index in [0.29, 0.717) is 17.7 Å². The minimum Gasteiger partial charge on any atom is -0.489 e. The van der Waals surface area contributed by atoms with Crippen LogP contribution >= 0.6 is 0 Å². The fourth-order valence-corrected chi connectivity index (χ4v) is 3.19. The second-order valence-electron chi connectivity index (χ2n) is 6.15. The predicted molar refractivity (Wildman–Crippen MR) is 88.8 cm³/mol. The highest BCUT2D eigenvalue weighted by Gasteiger charge is 2.38. The SMILES string of the molecule is NC/C(=C\F)COc1ccc(C2(C(N)=O)CCCCCC2)cc1. The predicted octanol–water partition coefficient (Wildman–Crippen LogP) is 2.95. The molecule has 0 radical (unpaired) electrons. The number of amides is 1. The fraction of sp³-hybridized carbons (Fsp3) is 0.500. The van der Waals surface area contributed by atoms with Gasteiger partial charge in [-0.2, -0.15) is 0 Å². The number of benzene rings is 1. The van der Waals surface area contributed by atoms with Crippen molar-refractivity contribution in [2.24, 2.45) is 11.5 Å². The molecular weight excluding hydrogens is 295 g/mol. The molecular formula is C18H25FN2O2. The number of nitrogens with two attached hydrogens (primary N) is 2. The molecule has 0 saturated heterocycles. The van der Waals surface area contributed by atoms with Gasteiger partial charge in [-0.15, -0.1) is 0 Å². The first-order valence-electron chi connectivity index (χ1n) is 8.14. The summed E-state index contributed by atoms with van der Waals surface area (Å²) >= 11 is 0. The molecule has 4 nitrogen and oxygen atoms in total. The number of hydrogen-bond donors (Lipinski definition) is 2. The van der Waals surface area contributed by atoms with Gasteiger partial charge in [-0.05, 0) is 30.5 Å². The first-order valence-corrected chi connectivity index (χ1v) is 8.14. The Labute approximate surface area is 136 Å². The number of carbonyl (C=O) groups is 1. The smallest absolute Gasteiger partial charge is 0.228 e. The van der Waals surface area contributed by atoms with Crippen molar-refractivity contribution in [3.05, 3.63) is 41.7 Å². The van der Waals surface area contributed by atoms with Gasteiger partial charge in [-0.1, -0.05) is 37.8 Å². The summed E-state index contributed by atoms with van der Waals surface area (Å²) in [6.45, 7) is 0.243. The van der Waals surface area contributed by atoms with Crippen LogP contribution in [0.5, 0.6) is 5.75 Å². The minimum absolute atomic E-state index is 0.118. The van der Waals surface area contributed by atoms with Crippen LogP contribution in [0.3, 0.4) is 0 Å². The van der Waals surface area contributed by atoms with E-state index in [1.807, 2.05) is 12.1 Å². The first-order chi connectivity index (χ1) is 11.1. The molecule has 0 heterocycles. The number of hydrogen-bond acceptors (Lipinski definition) is 3. The van der Waals surface area contributed by atoms with Crippen LogP contribution in [0.1, 0.15) is 44.1 Å². The number of rotatable bonds is 6. The van der Waals surface area contributed by atoms with Gasteiger partial charge >= 0.3 is 0 Å². The number of carbonyl (C=O) groups excluding carboxylic acids is 1. The maximum absolute atomic E-state index is 12.5. The maximum atomic E-state index is 12.5. The summed E-state index contributed by atoms with van der Waals surface area (Å²) < 4.78 is 18.0. The van der Waals surface area contributed by atoms with Crippen LogP contribution in [0.4, 0.5) is 4.39 Å². The van der Waals surface area contributed by atoms with Gasteiger partial charge in [0.1, 0.15) is 12.4 Å². The Bertz CT molecular complexity index is 547. The van der Waals surface area contributed by atoms with E-state index in [1.165, 1.54) is 0 Å². The Morgan fingerprint density at radius 3 is 2.26 bits per heavy atom. The summed E-state index contributed by atoms with van der Waals surface area (Å²) in [6.07, 6.45) is 6.39. The second-order valence-corrected chi connectivity index (χ2v) is 6.15. The lowest BCUT2D eigenvalue weighted by Gasteiger charge is -2.30. The van der Waals surface area contributed by atoms with Crippen molar-refractivity contribution in [2.75, 3.05) is 13.2 Å². The van der Waals surface area contributed by atoms with Crippen molar-refractivity contribution in [1.29, 1.82) is 0 Å². The Morgan fingerprint density at radius 1 is 1.17 bits per heavy atom. The molecule has 1 aliphatic carbocycles. The van der Waals surface area contributed by atoms with Crippen LogP contribution in [-0.2, 0) is 10.2 Å². The van der Waals surface area contributed by atoms with Crippen molar-refractivity contribution < 1.29 is 13.9 Å². The lowest BCUT2D eigenvalue weighted by atomic mass is 9.73. The van der Waals surface area contributed by atoms with Crippen LogP contribution < -0.4 is 16.2 Å². The monoisotopic (exact) mass is 320 g/mol. The topological polar surface area (TPSA) is 78.3 Å². The van der Waals surface area contributed by atoms with Gasteiger partial charge in [0, 0.05) is 12.1 Å². The van der Waals surface area contributed by atoms with Crippen molar-refractivity contribution in [1.82, 2.24) is 0 Å². The molecule has 1 saturated carbocycles. The number of ether oxygens (including phenoxy) is 1. The van der Waals surface area contributed by atoms with Gasteiger partial charge in [0.15, 0.2) is 0 Å². The molecule has 4 N–H and O–H groups in total. The molecule has 1 fully saturated rings. The summed E-state index contributed by atoms with van der Waals surface area (Å²) in [5.74, 6) is 0.369. The molecule has 1 aromatic rings. The Hall–Kier alpha value is -1.88. The van der Waals surface area contributed by atoms with Gasteiger partial charge in [0.2, 0.25) is 5.91 Å². The molecule has 0 spiro atoms. The van der Waals surface area contributed by atoms with E-state index >= 15 is 0 Å². The lowest BCUT2D eigenvalue weighted by Crippen LogP contribution is -2.40. The highest BCUT2D eigenvalue weighted by atomic mass is 19.1. The zero-order valence-corrected chi connectivity index (χ0v) is 13.4. The standard InChI is InChI=1S/C18H25FN2O2/c19-11-14(12-20)13-23-16-7-5-15(6-8-16)18(17(21)22)9-3-1-2-4-10-18/h5-8,11H,1-4,9-10,12-13,20H2,(H2,21,22)/b14-11+. The van der Waals surface area contributed by atoms with Crippen LogP contribution in [0.2, 0.25) is 0 Å². The third-order valence-corrected chi connectivity index (χ3v) is 4.68. The van der Waals surface area contributed by atoms with Crippen molar-refractivity contribution in [2.45, 2.75) is 43.9 Å². The van der Waals surface area contributed by atoms with E-state index in [2.05, 4.69) is 0 Å². The maximum Gasteiger partial charge on any atom is 0.228 e. The minimum atomic E-state index is -0.573. The van der Waals surface area contributed by atoms with Crippen LogP contribution in [-0.4, -0.2) is 19.1 Å². The largest absolute Gasteiger partial charge is 0.489 e. The van der Waals surface area contributed by atoms with E-state index in [0.717, 1.165) is 44.1 Å². The van der Waals surface area contributed by atoms with E-state index in [9.17, 15) is 9.18 Å². The van der Waals surface area contributed by atoms with Crippen molar-refractivity contribution in [3.8, 4) is 5.75 Å². The molecule has 23 heavy (non-hydrogen) atoms. The van der Waals surface area contributed by atoms with Gasteiger partial charge in [0.25, 0.3) is 0 Å². The Morgan fingerprint density at radius 2 is 1.78 bits per heavy atom. The first kappa shape index (κ1) is 17.5. The molecule has 1 amide bonds. The Kier molecular flexibility index (Phi) is 6.16. The molecule has 0 atom stereocenters. The lowest BCUT2D eigenvalue weighted by molar-refractivity contribution is -0.124. The summed E-state index contributed by atoms with van der Waals surface area (Å²) in [5.41, 5.74) is 11.9. The normalized spacial score (nSPS) is 18.3. The second kappa shape index (κ2) is 8.11. The third-order valence-electron chi connectivity index (χ3n) is 4.68. The molecule has 1 aromatic carbocycles. The molecule has 2 rings (SSSR count). The quantitative estimate of drug-likeness (QED) is 0.791. The molecule has 126 valence electrons. The van der Waals surface area contributed by atoms with Crippen LogP contribution in [0.25, 0.3) is 0 Å². The summed E-state index contributed by atoms with van der Waals surface area (Å²) in [7, 11) is 0. The zero-order chi connectivity index (χ0) is 16.7. The van der Waals surface area contributed by atoms with Crippen LogP contribution in [0.15, 0.2) is 36.2 Å². The van der Waals surface area contributed by atoms with Crippen molar-refractivity contribution >= 4 is 5.91 Å². The van der Waals surface area contributed by atoms with E-state index in [-0.39, 0.29) is 19.1 Å². The molecule has 5 heteroatoms. The highest BCUT2D eigenvalue weighted by molar-refractivity contribution is 5.86. The molecule has 0 aromatic heterocycles. The fourth-order valence-electron chi connectivity index (χ4n) is 3.19. The zero-order valence-electron chi connectivity index (χ0n) is 13.4. The van der Waals surface area contributed by atoms with Gasteiger partial charge in [-0.3, -0.25) is 4.79 Å². The molecule has 0 aliphatic heterocycles. The average Bonchev–Trinajstić information content (AvgIpc) is 2.83. The van der Waals surface area contributed by atoms with E-state index < -0.39 is 5.41 Å². The molecule has 0 bridgehead atoms. The molecule has 1 aliphatic rings. The van der Waals surface area contributed by atoms with Gasteiger partial charge in [0.05, 0.1) is 11.7 Å². The summed E-state index contributed by atoms with van der Waals surface area (Å²) in [5, 5.41) is 0.